The van der Waals surface area contributed by atoms with E-state index >= 15 is 0 Å². The summed E-state index contributed by atoms with van der Waals surface area (Å²) in [5.41, 5.74) is 9.31. The van der Waals surface area contributed by atoms with Crippen LogP contribution < -0.4 is 16.0 Å². The Morgan fingerprint density at radius 3 is 2.72 bits per heavy atom. The van der Waals surface area contributed by atoms with E-state index in [1.54, 1.807) is 24.4 Å². The molecular formula is C19H22N4O2. The number of amides is 2. The molecule has 1 aromatic heterocycles. The number of pyridine rings is 1. The number of hydrogen-bond acceptors (Lipinski definition) is 4. The standard InChI is InChI=1S/C19H22N4O2/c1-12-9-16(21-10-13(12)2)19(25)22-14-7-8-23(11-14)17-6-4-3-5-15(17)18(20)24/h3-6,9-10,14H,7-8,11H2,1-2H3,(H2,20,24)(H,22,25). The molecule has 1 aromatic carbocycles. The molecule has 1 unspecified atom stereocenters. The van der Waals surface area contributed by atoms with Crippen LogP contribution in [-0.4, -0.2) is 35.9 Å². The molecule has 6 heteroatoms. The highest BCUT2D eigenvalue weighted by molar-refractivity contribution is 5.98. The lowest BCUT2D eigenvalue weighted by Crippen LogP contribution is -2.37. The van der Waals surface area contributed by atoms with Crippen molar-refractivity contribution in [3.8, 4) is 0 Å². The van der Waals surface area contributed by atoms with Crippen molar-refractivity contribution in [2.75, 3.05) is 18.0 Å². The molecule has 0 radical (unpaired) electrons. The summed E-state index contributed by atoms with van der Waals surface area (Å²) in [5.74, 6) is -0.611. The zero-order valence-electron chi connectivity index (χ0n) is 14.5. The Hall–Kier alpha value is -2.89. The van der Waals surface area contributed by atoms with Crippen molar-refractivity contribution < 1.29 is 9.59 Å². The lowest BCUT2D eigenvalue weighted by Gasteiger charge is -2.21. The predicted octanol–water partition coefficient (Wildman–Crippen LogP) is 1.81. The number of nitrogens with two attached hydrogens (primary N) is 1. The van der Waals surface area contributed by atoms with Crippen LogP contribution in [0.4, 0.5) is 5.69 Å². The van der Waals surface area contributed by atoms with Crippen molar-refractivity contribution in [1.29, 1.82) is 0 Å². The van der Waals surface area contributed by atoms with Gasteiger partial charge >= 0.3 is 0 Å². The Bertz CT molecular complexity index is 819. The van der Waals surface area contributed by atoms with Crippen LogP contribution in [0.15, 0.2) is 36.5 Å². The van der Waals surface area contributed by atoms with Crippen LogP contribution in [0.3, 0.4) is 0 Å². The molecule has 3 rings (SSSR count). The SMILES string of the molecule is Cc1cnc(C(=O)NC2CCN(c3ccccc3C(N)=O)C2)cc1C. The van der Waals surface area contributed by atoms with Gasteiger partial charge in [0.1, 0.15) is 5.69 Å². The van der Waals surface area contributed by atoms with Gasteiger partial charge in [-0.3, -0.25) is 14.6 Å². The minimum Gasteiger partial charge on any atom is -0.369 e. The van der Waals surface area contributed by atoms with Crippen LogP contribution in [0, 0.1) is 13.8 Å². The predicted molar refractivity (Wildman–Crippen MR) is 96.8 cm³/mol. The third kappa shape index (κ3) is 3.63. The van der Waals surface area contributed by atoms with Gasteiger partial charge in [0.15, 0.2) is 0 Å². The van der Waals surface area contributed by atoms with E-state index in [2.05, 4.69) is 15.2 Å². The first-order valence-electron chi connectivity index (χ1n) is 8.33. The van der Waals surface area contributed by atoms with Crippen LogP contribution in [0.25, 0.3) is 0 Å². The van der Waals surface area contributed by atoms with Gasteiger partial charge in [-0.1, -0.05) is 12.1 Å². The lowest BCUT2D eigenvalue weighted by atomic mass is 10.1. The van der Waals surface area contributed by atoms with Crippen molar-refractivity contribution in [3.63, 3.8) is 0 Å². The largest absolute Gasteiger partial charge is 0.369 e. The van der Waals surface area contributed by atoms with Gasteiger partial charge in [0.25, 0.3) is 11.8 Å². The van der Waals surface area contributed by atoms with Crippen molar-refractivity contribution >= 4 is 17.5 Å². The van der Waals surface area contributed by atoms with Crippen molar-refractivity contribution in [1.82, 2.24) is 10.3 Å². The summed E-state index contributed by atoms with van der Waals surface area (Å²) in [4.78, 5) is 30.3. The maximum absolute atomic E-state index is 12.4. The first kappa shape index (κ1) is 17.0. The van der Waals surface area contributed by atoms with Gasteiger partial charge in [0.05, 0.1) is 5.56 Å². The molecule has 1 saturated heterocycles. The van der Waals surface area contributed by atoms with E-state index in [1.165, 1.54) is 0 Å². The van der Waals surface area contributed by atoms with E-state index in [1.807, 2.05) is 26.0 Å². The van der Waals surface area contributed by atoms with Gasteiger partial charge < -0.3 is 16.0 Å². The molecule has 130 valence electrons. The van der Waals surface area contributed by atoms with Gasteiger partial charge in [0, 0.05) is 31.0 Å². The molecule has 1 aliphatic rings. The minimum atomic E-state index is -0.442. The number of carbonyl (C=O) groups is 2. The monoisotopic (exact) mass is 338 g/mol. The van der Waals surface area contributed by atoms with Gasteiger partial charge in [-0.25, -0.2) is 0 Å². The number of rotatable bonds is 4. The number of benzene rings is 1. The van der Waals surface area contributed by atoms with E-state index < -0.39 is 5.91 Å². The van der Waals surface area contributed by atoms with E-state index in [-0.39, 0.29) is 11.9 Å². The second-order valence-electron chi connectivity index (χ2n) is 6.44. The summed E-state index contributed by atoms with van der Waals surface area (Å²) in [7, 11) is 0. The maximum Gasteiger partial charge on any atom is 0.270 e. The highest BCUT2D eigenvalue weighted by Crippen LogP contribution is 2.24. The number of anilines is 1. The zero-order valence-corrected chi connectivity index (χ0v) is 14.5. The van der Waals surface area contributed by atoms with Crippen LogP contribution in [0.1, 0.15) is 38.4 Å². The lowest BCUT2D eigenvalue weighted by molar-refractivity contribution is 0.0934. The van der Waals surface area contributed by atoms with Gasteiger partial charge in [-0.2, -0.15) is 0 Å². The highest BCUT2D eigenvalue weighted by Gasteiger charge is 2.26. The molecule has 0 spiro atoms. The Balaban J connectivity index is 1.68. The fraction of sp³-hybridized carbons (Fsp3) is 0.316. The second kappa shape index (κ2) is 6.93. The summed E-state index contributed by atoms with van der Waals surface area (Å²) in [6, 6.07) is 9.10. The topological polar surface area (TPSA) is 88.3 Å². The number of aryl methyl sites for hydroxylation is 2. The molecule has 2 amide bonds. The molecule has 6 nitrogen and oxygen atoms in total. The molecule has 1 fully saturated rings. The molecule has 1 atom stereocenters. The summed E-state index contributed by atoms with van der Waals surface area (Å²) >= 11 is 0. The van der Waals surface area contributed by atoms with Gasteiger partial charge in [0.2, 0.25) is 0 Å². The minimum absolute atomic E-state index is 0.0110. The van der Waals surface area contributed by atoms with Crippen molar-refractivity contribution in [2.24, 2.45) is 5.73 Å². The third-order valence-electron chi connectivity index (χ3n) is 4.64. The number of nitrogens with one attached hydrogen (secondary N) is 1. The smallest absolute Gasteiger partial charge is 0.270 e. The zero-order chi connectivity index (χ0) is 18.0. The normalized spacial score (nSPS) is 16.7. The Kier molecular flexibility index (Phi) is 4.70. The number of nitrogens with zero attached hydrogens (tertiary/aromatic N) is 2. The van der Waals surface area contributed by atoms with Crippen molar-refractivity contribution in [3.05, 3.63) is 58.9 Å². The van der Waals surface area contributed by atoms with Crippen LogP contribution in [-0.2, 0) is 0 Å². The molecular weight excluding hydrogens is 316 g/mol. The Labute approximate surface area is 147 Å². The average Bonchev–Trinajstić information content (AvgIpc) is 3.05. The Morgan fingerprint density at radius 1 is 1.24 bits per heavy atom. The summed E-state index contributed by atoms with van der Waals surface area (Å²) in [6.07, 6.45) is 2.53. The average molecular weight is 338 g/mol. The molecule has 0 bridgehead atoms. The van der Waals surface area contributed by atoms with E-state index in [0.717, 1.165) is 29.8 Å². The van der Waals surface area contributed by atoms with E-state index in [4.69, 9.17) is 5.73 Å². The molecule has 3 N–H and O–H groups in total. The van der Waals surface area contributed by atoms with Crippen molar-refractivity contribution in [2.45, 2.75) is 26.3 Å². The molecule has 25 heavy (non-hydrogen) atoms. The van der Waals surface area contributed by atoms with Crippen LogP contribution in [0.2, 0.25) is 0 Å². The van der Waals surface area contributed by atoms with E-state index in [9.17, 15) is 9.59 Å². The number of aromatic nitrogens is 1. The molecule has 1 aliphatic heterocycles. The number of primary amides is 1. The first-order chi connectivity index (χ1) is 12.0. The van der Waals surface area contributed by atoms with E-state index in [0.29, 0.717) is 17.8 Å². The van der Waals surface area contributed by atoms with Crippen LogP contribution >= 0.6 is 0 Å². The summed E-state index contributed by atoms with van der Waals surface area (Å²) < 4.78 is 0. The van der Waals surface area contributed by atoms with Gasteiger partial charge in [-0.15, -0.1) is 0 Å². The fourth-order valence-corrected chi connectivity index (χ4v) is 3.06. The second-order valence-corrected chi connectivity index (χ2v) is 6.44. The molecule has 0 aliphatic carbocycles. The third-order valence-corrected chi connectivity index (χ3v) is 4.64. The molecule has 2 heterocycles. The van der Waals surface area contributed by atoms with Gasteiger partial charge in [-0.05, 0) is 49.6 Å². The number of carbonyl (C=O) groups excluding carboxylic acids is 2. The highest BCUT2D eigenvalue weighted by atomic mass is 16.2. The fourth-order valence-electron chi connectivity index (χ4n) is 3.06. The maximum atomic E-state index is 12.4. The first-order valence-corrected chi connectivity index (χ1v) is 8.33. The quantitative estimate of drug-likeness (QED) is 0.890. The Morgan fingerprint density at radius 2 is 2.00 bits per heavy atom. The number of para-hydroxylation sites is 1. The summed E-state index contributed by atoms with van der Waals surface area (Å²) in [6.45, 7) is 5.33. The molecule has 2 aromatic rings. The summed E-state index contributed by atoms with van der Waals surface area (Å²) in [5, 5.41) is 3.03. The number of hydrogen-bond donors (Lipinski definition) is 2. The van der Waals surface area contributed by atoms with Crippen LogP contribution in [0.5, 0.6) is 0 Å². The molecule has 0 saturated carbocycles.